The Morgan fingerprint density at radius 3 is 1.48 bits per heavy atom. The maximum atomic E-state index is 11.9. The van der Waals surface area contributed by atoms with E-state index in [1.165, 1.54) is 116 Å². The molecule has 0 aliphatic heterocycles. The van der Waals surface area contributed by atoms with Gasteiger partial charge in [0.1, 0.15) is 0 Å². The highest BCUT2D eigenvalue weighted by atomic mass is 32.1. The summed E-state index contributed by atoms with van der Waals surface area (Å²) >= 11 is 4.63. The van der Waals surface area contributed by atoms with Crippen molar-refractivity contribution in [2.24, 2.45) is 0 Å². The molecule has 0 aromatic rings. The quantitative estimate of drug-likeness (QED) is 0.104. The Labute approximate surface area is 201 Å². The first-order valence-electron chi connectivity index (χ1n) is 14.2. The van der Waals surface area contributed by atoms with Crippen molar-refractivity contribution in [2.75, 3.05) is 6.54 Å². The van der Waals surface area contributed by atoms with Crippen LogP contribution in [0, 0.1) is 0 Å². The maximum absolute atomic E-state index is 11.9. The van der Waals surface area contributed by atoms with Gasteiger partial charge in [-0.25, -0.2) is 0 Å². The monoisotopic (exact) mass is 455 g/mol. The molecule has 0 aromatic heterocycles. The Bertz CT molecular complexity index is 361. The Morgan fingerprint density at radius 2 is 1.00 bits per heavy atom. The Balaban J connectivity index is 3.18. The van der Waals surface area contributed by atoms with Crippen molar-refractivity contribution < 1.29 is 4.79 Å². The molecule has 1 atom stereocenters. The zero-order valence-electron chi connectivity index (χ0n) is 21.4. The lowest BCUT2D eigenvalue weighted by molar-refractivity contribution is -0.121. The molecule has 186 valence electrons. The number of hydrogen-bond acceptors (Lipinski definition) is 2. The molecule has 1 unspecified atom stereocenters. The molecule has 1 amide bonds. The number of rotatable bonds is 25. The molecule has 0 aliphatic rings. The molecule has 0 spiro atoms. The van der Waals surface area contributed by atoms with Gasteiger partial charge in [0, 0.05) is 18.2 Å². The van der Waals surface area contributed by atoms with Crippen molar-refractivity contribution in [1.82, 2.24) is 5.32 Å². The van der Waals surface area contributed by atoms with Crippen LogP contribution in [-0.2, 0) is 4.79 Å². The van der Waals surface area contributed by atoms with E-state index in [2.05, 4.69) is 31.8 Å². The van der Waals surface area contributed by atoms with E-state index in [1.807, 2.05) is 0 Å². The van der Waals surface area contributed by atoms with Gasteiger partial charge in [-0.1, -0.05) is 129 Å². The van der Waals surface area contributed by atoms with Gasteiger partial charge >= 0.3 is 0 Å². The summed E-state index contributed by atoms with van der Waals surface area (Å²) in [5.74, 6) is 0.241. The summed E-state index contributed by atoms with van der Waals surface area (Å²) in [6.07, 6.45) is 30.0. The van der Waals surface area contributed by atoms with Crippen molar-refractivity contribution in [3.8, 4) is 0 Å². The minimum absolute atomic E-state index is 0.241. The fourth-order valence-electron chi connectivity index (χ4n) is 4.24. The standard InChI is InChI=1S/C28H57NOS/c1-3-5-7-8-9-10-11-12-13-14-15-16-17-18-19-22-26-29-28(30)25-21-20-24-27(31)23-6-4-2/h27,31H,3-26H2,1-2H3,(H,29,30). The number of carbonyl (C=O) groups is 1. The Kier molecular flexibility index (Phi) is 25.9. The summed E-state index contributed by atoms with van der Waals surface area (Å²) < 4.78 is 0. The highest BCUT2D eigenvalue weighted by Gasteiger charge is 2.04. The third-order valence-corrected chi connectivity index (χ3v) is 6.95. The summed E-state index contributed by atoms with van der Waals surface area (Å²) in [4.78, 5) is 11.9. The largest absolute Gasteiger partial charge is 0.356 e. The van der Waals surface area contributed by atoms with E-state index in [4.69, 9.17) is 0 Å². The molecule has 0 radical (unpaired) electrons. The third kappa shape index (κ3) is 26.0. The summed E-state index contributed by atoms with van der Waals surface area (Å²) in [6.45, 7) is 5.38. The maximum Gasteiger partial charge on any atom is 0.219 e. The summed E-state index contributed by atoms with van der Waals surface area (Å²) in [6, 6.07) is 0. The summed E-state index contributed by atoms with van der Waals surface area (Å²) in [7, 11) is 0. The minimum atomic E-state index is 0.241. The number of unbranched alkanes of at least 4 members (excludes halogenated alkanes) is 17. The predicted molar refractivity (Wildman–Crippen MR) is 143 cm³/mol. The van der Waals surface area contributed by atoms with Crippen LogP contribution in [-0.4, -0.2) is 17.7 Å². The molecule has 0 aromatic carbocycles. The number of carbonyl (C=O) groups excluding carboxylic acids is 1. The van der Waals surface area contributed by atoms with E-state index in [-0.39, 0.29) is 5.91 Å². The average molecular weight is 456 g/mol. The SMILES string of the molecule is CCCCCCCCCCCCCCCCCCNC(=O)CCCCC(S)CCCC. The van der Waals surface area contributed by atoms with Crippen LogP contribution in [0.25, 0.3) is 0 Å². The molecular weight excluding hydrogens is 398 g/mol. The molecule has 2 nitrogen and oxygen atoms in total. The lowest BCUT2D eigenvalue weighted by Gasteiger charge is -2.09. The van der Waals surface area contributed by atoms with Gasteiger partial charge in [-0.15, -0.1) is 0 Å². The molecule has 3 heteroatoms. The number of amides is 1. The first-order valence-corrected chi connectivity index (χ1v) is 14.7. The van der Waals surface area contributed by atoms with Crippen LogP contribution in [0.4, 0.5) is 0 Å². The second-order valence-electron chi connectivity index (χ2n) is 9.70. The molecule has 0 saturated carbocycles. The Morgan fingerprint density at radius 1 is 0.581 bits per heavy atom. The topological polar surface area (TPSA) is 29.1 Å². The molecule has 0 saturated heterocycles. The normalized spacial score (nSPS) is 12.2. The van der Waals surface area contributed by atoms with Crippen LogP contribution in [0.5, 0.6) is 0 Å². The lowest BCUT2D eigenvalue weighted by Crippen LogP contribution is -2.24. The van der Waals surface area contributed by atoms with Crippen LogP contribution in [0.3, 0.4) is 0 Å². The second-order valence-corrected chi connectivity index (χ2v) is 10.4. The van der Waals surface area contributed by atoms with Gasteiger partial charge in [0.2, 0.25) is 5.91 Å². The van der Waals surface area contributed by atoms with E-state index in [0.29, 0.717) is 11.7 Å². The van der Waals surface area contributed by atoms with Gasteiger partial charge < -0.3 is 5.32 Å². The highest BCUT2D eigenvalue weighted by Crippen LogP contribution is 2.15. The number of thiol groups is 1. The molecule has 0 fully saturated rings. The average Bonchev–Trinajstić information content (AvgIpc) is 2.77. The van der Waals surface area contributed by atoms with Crippen LogP contribution in [0.2, 0.25) is 0 Å². The number of nitrogens with one attached hydrogen (secondary N) is 1. The van der Waals surface area contributed by atoms with Gasteiger partial charge in [0.25, 0.3) is 0 Å². The molecule has 0 rings (SSSR count). The smallest absolute Gasteiger partial charge is 0.219 e. The minimum Gasteiger partial charge on any atom is -0.356 e. The van der Waals surface area contributed by atoms with E-state index < -0.39 is 0 Å². The van der Waals surface area contributed by atoms with Gasteiger partial charge in [0.05, 0.1) is 0 Å². The fraction of sp³-hybridized carbons (Fsp3) is 0.964. The van der Waals surface area contributed by atoms with Gasteiger partial charge in [0.15, 0.2) is 0 Å². The van der Waals surface area contributed by atoms with E-state index in [9.17, 15) is 4.79 Å². The zero-order chi connectivity index (χ0) is 22.8. The Hall–Kier alpha value is -0.180. The van der Waals surface area contributed by atoms with E-state index in [1.54, 1.807) is 0 Å². The lowest BCUT2D eigenvalue weighted by atomic mass is 10.0. The van der Waals surface area contributed by atoms with Crippen molar-refractivity contribution in [3.63, 3.8) is 0 Å². The zero-order valence-corrected chi connectivity index (χ0v) is 22.3. The number of hydrogen-bond donors (Lipinski definition) is 2. The van der Waals surface area contributed by atoms with Crippen LogP contribution in [0.15, 0.2) is 0 Å². The summed E-state index contributed by atoms with van der Waals surface area (Å²) in [5, 5.41) is 3.62. The van der Waals surface area contributed by atoms with Crippen molar-refractivity contribution >= 4 is 18.5 Å². The van der Waals surface area contributed by atoms with Gasteiger partial charge in [-0.05, 0) is 25.7 Å². The fourth-order valence-corrected chi connectivity index (χ4v) is 4.60. The second kappa shape index (κ2) is 26.1. The van der Waals surface area contributed by atoms with Crippen molar-refractivity contribution in [1.29, 1.82) is 0 Å². The summed E-state index contributed by atoms with van der Waals surface area (Å²) in [5.41, 5.74) is 0. The van der Waals surface area contributed by atoms with Crippen LogP contribution < -0.4 is 5.32 Å². The van der Waals surface area contributed by atoms with Gasteiger partial charge in [-0.2, -0.15) is 12.6 Å². The van der Waals surface area contributed by atoms with Crippen LogP contribution >= 0.6 is 12.6 Å². The van der Waals surface area contributed by atoms with Crippen molar-refractivity contribution in [2.45, 2.75) is 167 Å². The first-order chi connectivity index (χ1) is 15.2. The molecule has 0 aliphatic carbocycles. The highest BCUT2D eigenvalue weighted by molar-refractivity contribution is 7.80. The molecule has 31 heavy (non-hydrogen) atoms. The molecular formula is C28H57NOS. The van der Waals surface area contributed by atoms with Gasteiger partial charge in [-0.3, -0.25) is 4.79 Å². The van der Waals surface area contributed by atoms with E-state index >= 15 is 0 Å². The van der Waals surface area contributed by atoms with Crippen molar-refractivity contribution in [3.05, 3.63) is 0 Å². The molecule has 1 N–H and O–H groups in total. The van der Waals surface area contributed by atoms with E-state index in [0.717, 1.165) is 32.2 Å². The first kappa shape index (κ1) is 30.8. The third-order valence-electron chi connectivity index (χ3n) is 6.43. The molecule has 0 heterocycles. The molecule has 0 bridgehead atoms. The predicted octanol–water partition coefficient (Wildman–Crippen LogP) is 9.41. The van der Waals surface area contributed by atoms with Crippen LogP contribution in [0.1, 0.15) is 162 Å².